The molecule has 0 heterocycles. The summed E-state index contributed by atoms with van der Waals surface area (Å²) < 4.78 is 0. The van der Waals surface area contributed by atoms with Crippen LogP contribution in [0.1, 0.15) is 18.9 Å². The molecule has 2 N–H and O–H groups in total. The number of halogens is 2. The Labute approximate surface area is 111 Å². The first-order chi connectivity index (χ1) is 8.08. The van der Waals surface area contributed by atoms with Crippen molar-refractivity contribution < 1.29 is 9.90 Å². The summed E-state index contributed by atoms with van der Waals surface area (Å²) in [5, 5.41) is 12.6. The monoisotopic (exact) mass is 275 g/mol. The van der Waals surface area contributed by atoms with Gasteiger partial charge in [0.25, 0.3) is 0 Å². The summed E-state index contributed by atoms with van der Waals surface area (Å²) in [4.78, 5) is 11.7. The van der Waals surface area contributed by atoms with E-state index in [0.29, 0.717) is 22.0 Å². The molecule has 0 fully saturated rings. The minimum atomic E-state index is -0.219. The van der Waals surface area contributed by atoms with Crippen LogP contribution in [0.3, 0.4) is 0 Å². The van der Waals surface area contributed by atoms with Gasteiger partial charge in [-0.2, -0.15) is 0 Å². The van der Waals surface area contributed by atoms with E-state index in [2.05, 4.69) is 5.32 Å². The third-order valence-corrected chi connectivity index (χ3v) is 3.19. The zero-order chi connectivity index (χ0) is 12.8. The van der Waals surface area contributed by atoms with Crippen LogP contribution in [0.15, 0.2) is 18.2 Å². The van der Waals surface area contributed by atoms with Crippen LogP contribution in [-0.2, 0) is 11.2 Å². The fraction of sp³-hybridized carbons (Fsp3) is 0.417. The quantitative estimate of drug-likeness (QED) is 0.867. The fourth-order valence-electron chi connectivity index (χ4n) is 1.42. The highest BCUT2D eigenvalue weighted by Gasteiger charge is 2.13. The molecule has 1 atom stereocenters. The second-order valence-electron chi connectivity index (χ2n) is 3.73. The number of rotatable bonds is 5. The Balaban J connectivity index is 2.68. The van der Waals surface area contributed by atoms with Gasteiger partial charge in [-0.25, -0.2) is 0 Å². The number of hydrogen-bond acceptors (Lipinski definition) is 2. The van der Waals surface area contributed by atoms with E-state index in [1.165, 1.54) is 0 Å². The van der Waals surface area contributed by atoms with Crippen molar-refractivity contribution in [3.63, 3.8) is 0 Å². The molecule has 17 heavy (non-hydrogen) atoms. The van der Waals surface area contributed by atoms with Crippen molar-refractivity contribution >= 4 is 29.1 Å². The van der Waals surface area contributed by atoms with Crippen LogP contribution in [0, 0.1) is 0 Å². The molecule has 0 aliphatic heterocycles. The molecule has 5 heteroatoms. The minimum Gasteiger partial charge on any atom is -0.394 e. The number of amides is 1. The molecule has 0 saturated heterocycles. The van der Waals surface area contributed by atoms with Crippen LogP contribution in [0.4, 0.5) is 0 Å². The molecule has 1 aromatic carbocycles. The number of aliphatic hydroxyl groups is 1. The van der Waals surface area contributed by atoms with Crippen molar-refractivity contribution in [1.82, 2.24) is 5.32 Å². The molecule has 1 rings (SSSR count). The molecule has 1 amide bonds. The molecule has 0 saturated carbocycles. The van der Waals surface area contributed by atoms with Crippen LogP contribution in [0.2, 0.25) is 10.0 Å². The van der Waals surface area contributed by atoms with Gasteiger partial charge in [-0.3, -0.25) is 4.79 Å². The first-order valence-corrected chi connectivity index (χ1v) is 6.17. The first kappa shape index (κ1) is 14.3. The standard InChI is InChI=1S/C12H15Cl2NO2/c1-2-8(7-16)15-12(17)6-9-10(13)4-3-5-11(9)14/h3-5,8,16H,2,6-7H2,1H3,(H,15,17)/t8-/m1/s1. The van der Waals surface area contributed by atoms with Gasteiger partial charge in [0.1, 0.15) is 0 Å². The summed E-state index contributed by atoms with van der Waals surface area (Å²) in [5.41, 5.74) is 0.612. The summed E-state index contributed by atoms with van der Waals surface area (Å²) in [7, 11) is 0. The van der Waals surface area contributed by atoms with E-state index in [4.69, 9.17) is 28.3 Å². The van der Waals surface area contributed by atoms with E-state index in [0.717, 1.165) is 0 Å². The largest absolute Gasteiger partial charge is 0.394 e. The van der Waals surface area contributed by atoms with E-state index in [9.17, 15) is 4.79 Å². The summed E-state index contributed by atoms with van der Waals surface area (Å²) in [6, 6.07) is 4.90. The second-order valence-corrected chi connectivity index (χ2v) is 4.55. The van der Waals surface area contributed by atoms with Gasteiger partial charge in [0, 0.05) is 10.0 Å². The molecular formula is C12H15Cl2NO2. The topological polar surface area (TPSA) is 49.3 Å². The maximum Gasteiger partial charge on any atom is 0.224 e. The Kier molecular flexibility index (Phi) is 5.75. The third-order valence-electron chi connectivity index (χ3n) is 2.48. The van der Waals surface area contributed by atoms with Gasteiger partial charge in [0.15, 0.2) is 0 Å². The number of carbonyl (C=O) groups is 1. The Morgan fingerprint density at radius 2 is 2.00 bits per heavy atom. The van der Waals surface area contributed by atoms with E-state index < -0.39 is 0 Å². The molecule has 0 aliphatic carbocycles. The lowest BCUT2D eigenvalue weighted by molar-refractivity contribution is -0.121. The molecule has 0 unspecified atom stereocenters. The fourth-order valence-corrected chi connectivity index (χ4v) is 1.95. The van der Waals surface area contributed by atoms with E-state index in [-0.39, 0.29) is 25.0 Å². The molecular weight excluding hydrogens is 261 g/mol. The zero-order valence-electron chi connectivity index (χ0n) is 9.54. The zero-order valence-corrected chi connectivity index (χ0v) is 11.1. The van der Waals surface area contributed by atoms with Gasteiger partial charge in [0.2, 0.25) is 5.91 Å². The number of aliphatic hydroxyl groups excluding tert-OH is 1. The normalized spacial score (nSPS) is 12.2. The van der Waals surface area contributed by atoms with E-state index >= 15 is 0 Å². The van der Waals surface area contributed by atoms with Crippen molar-refractivity contribution in [3.05, 3.63) is 33.8 Å². The van der Waals surface area contributed by atoms with E-state index in [1.807, 2.05) is 6.92 Å². The number of benzene rings is 1. The first-order valence-electron chi connectivity index (χ1n) is 5.41. The lowest BCUT2D eigenvalue weighted by Crippen LogP contribution is -2.37. The van der Waals surface area contributed by atoms with Crippen molar-refractivity contribution in [3.8, 4) is 0 Å². The van der Waals surface area contributed by atoms with Gasteiger partial charge < -0.3 is 10.4 Å². The smallest absolute Gasteiger partial charge is 0.224 e. The Bertz CT molecular complexity index is 372. The highest BCUT2D eigenvalue weighted by molar-refractivity contribution is 6.36. The van der Waals surface area contributed by atoms with Crippen molar-refractivity contribution in [1.29, 1.82) is 0 Å². The predicted octanol–water partition coefficient (Wildman–Crippen LogP) is 2.42. The highest BCUT2D eigenvalue weighted by Crippen LogP contribution is 2.24. The highest BCUT2D eigenvalue weighted by atomic mass is 35.5. The molecule has 0 bridgehead atoms. The molecule has 0 spiro atoms. The minimum absolute atomic E-state index is 0.0709. The van der Waals surface area contributed by atoms with Crippen molar-refractivity contribution in [2.45, 2.75) is 25.8 Å². The molecule has 0 radical (unpaired) electrons. The summed E-state index contributed by atoms with van der Waals surface area (Å²) in [6.45, 7) is 1.82. The van der Waals surface area contributed by atoms with Crippen molar-refractivity contribution in [2.75, 3.05) is 6.61 Å². The van der Waals surface area contributed by atoms with Crippen LogP contribution in [0.25, 0.3) is 0 Å². The van der Waals surface area contributed by atoms with Crippen LogP contribution in [0.5, 0.6) is 0 Å². The SMILES string of the molecule is CC[C@H](CO)NC(=O)Cc1c(Cl)cccc1Cl. The molecule has 3 nitrogen and oxygen atoms in total. The summed E-state index contributed by atoms with van der Waals surface area (Å²) in [6.07, 6.45) is 0.799. The van der Waals surface area contributed by atoms with Gasteiger partial charge in [-0.1, -0.05) is 36.2 Å². The maximum absolute atomic E-state index is 11.7. The number of hydrogen-bond donors (Lipinski definition) is 2. The van der Waals surface area contributed by atoms with Crippen LogP contribution >= 0.6 is 23.2 Å². The second kappa shape index (κ2) is 6.84. The van der Waals surface area contributed by atoms with Gasteiger partial charge in [0.05, 0.1) is 19.1 Å². The molecule has 0 aromatic heterocycles. The average Bonchev–Trinajstić information content (AvgIpc) is 2.31. The van der Waals surface area contributed by atoms with Crippen molar-refractivity contribution in [2.24, 2.45) is 0 Å². The average molecular weight is 276 g/mol. The molecule has 1 aromatic rings. The van der Waals surface area contributed by atoms with Gasteiger partial charge in [-0.05, 0) is 24.1 Å². The Hall–Kier alpha value is -0.770. The number of carbonyl (C=O) groups excluding carboxylic acids is 1. The lowest BCUT2D eigenvalue weighted by Gasteiger charge is -2.14. The molecule has 0 aliphatic rings. The van der Waals surface area contributed by atoms with Crippen LogP contribution < -0.4 is 5.32 Å². The predicted molar refractivity (Wildman–Crippen MR) is 69.5 cm³/mol. The summed E-state index contributed by atoms with van der Waals surface area (Å²) >= 11 is 11.9. The maximum atomic E-state index is 11.7. The van der Waals surface area contributed by atoms with Gasteiger partial charge >= 0.3 is 0 Å². The van der Waals surface area contributed by atoms with Crippen LogP contribution in [-0.4, -0.2) is 23.7 Å². The summed E-state index contributed by atoms with van der Waals surface area (Å²) in [5.74, 6) is -0.194. The van der Waals surface area contributed by atoms with Gasteiger partial charge in [-0.15, -0.1) is 0 Å². The van der Waals surface area contributed by atoms with E-state index in [1.54, 1.807) is 18.2 Å². The number of nitrogens with one attached hydrogen (secondary N) is 1. The molecule has 94 valence electrons. The third kappa shape index (κ3) is 4.19. The lowest BCUT2D eigenvalue weighted by atomic mass is 10.1. The Morgan fingerprint density at radius 3 is 2.47 bits per heavy atom. The Morgan fingerprint density at radius 1 is 1.41 bits per heavy atom.